The van der Waals surface area contributed by atoms with Crippen LogP contribution in [0.4, 0.5) is 4.79 Å². The SMILES string of the molecule is CCOc1cccc(/C=C2\SC(=O)N(Cc3c(Cl)cccc3Cl)C2=O)c1O. The van der Waals surface area contributed by atoms with Crippen LogP contribution in [0.25, 0.3) is 6.08 Å². The van der Waals surface area contributed by atoms with Gasteiger partial charge in [0.1, 0.15) is 0 Å². The van der Waals surface area contributed by atoms with Crippen LogP contribution < -0.4 is 4.74 Å². The Morgan fingerprint density at radius 2 is 1.81 bits per heavy atom. The predicted molar refractivity (Wildman–Crippen MR) is 107 cm³/mol. The number of halogens is 2. The molecule has 0 spiro atoms. The molecule has 1 fully saturated rings. The Labute approximate surface area is 170 Å². The first-order valence-corrected chi connectivity index (χ1v) is 9.62. The number of rotatable bonds is 5. The maximum absolute atomic E-state index is 12.7. The number of amides is 2. The molecule has 2 aromatic carbocycles. The molecule has 27 heavy (non-hydrogen) atoms. The Morgan fingerprint density at radius 1 is 1.15 bits per heavy atom. The van der Waals surface area contributed by atoms with Crippen LogP contribution in [0, 0.1) is 0 Å². The van der Waals surface area contributed by atoms with Gasteiger partial charge in [-0.25, -0.2) is 0 Å². The average Bonchev–Trinajstić information content (AvgIpc) is 2.89. The number of hydrogen-bond acceptors (Lipinski definition) is 5. The molecule has 0 saturated carbocycles. The smallest absolute Gasteiger partial charge is 0.293 e. The van der Waals surface area contributed by atoms with Gasteiger partial charge in [0.15, 0.2) is 11.5 Å². The van der Waals surface area contributed by atoms with Crippen LogP contribution in [0.3, 0.4) is 0 Å². The molecule has 0 radical (unpaired) electrons. The fraction of sp³-hybridized carbons (Fsp3) is 0.158. The Morgan fingerprint density at radius 3 is 2.48 bits per heavy atom. The summed E-state index contributed by atoms with van der Waals surface area (Å²) in [6, 6.07) is 9.95. The Kier molecular flexibility index (Phi) is 5.99. The molecule has 1 aliphatic rings. The van der Waals surface area contributed by atoms with Crippen molar-refractivity contribution in [2.24, 2.45) is 0 Å². The fourth-order valence-corrected chi connectivity index (χ4v) is 3.89. The minimum absolute atomic E-state index is 0.0223. The summed E-state index contributed by atoms with van der Waals surface area (Å²) in [5.41, 5.74) is 0.896. The third-order valence-electron chi connectivity index (χ3n) is 3.87. The predicted octanol–water partition coefficient (Wildman–Crippen LogP) is 5.33. The van der Waals surface area contributed by atoms with Crippen molar-refractivity contribution in [2.45, 2.75) is 13.5 Å². The summed E-state index contributed by atoms with van der Waals surface area (Å²) < 4.78 is 5.34. The lowest BCUT2D eigenvalue weighted by Gasteiger charge is -2.14. The first kappa shape index (κ1) is 19.6. The number of carbonyl (C=O) groups is 2. The molecule has 0 bridgehead atoms. The largest absolute Gasteiger partial charge is 0.504 e. The third kappa shape index (κ3) is 4.08. The number of para-hydroxylation sites is 1. The van der Waals surface area contributed by atoms with Gasteiger partial charge in [-0.15, -0.1) is 0 Å². The molecule has 1 saturated heterocycles. The van der Waals surface area contributed by atoms with Gasteiger partial charge in [-0.3, -0.25) is 14.5 Å². The van der Waals surface area contributed by atoms with Crippen molar-refractivity contribution in [3.05, 3.63) is 62.5 Å². The van der Waals surface area contributed by atoms with Crippen LogP contribution in [-0.4, -0.2) is 27.8 Å². The van der Waals surface area contributed by atoms with Gasteiger partial charge in [0.2, 0.25) is 0 Å². The summed E-state index contributed by atoms with van der Waals surface area (Å²) in [4.78, 5) is 26.3. The lowest BCUT2D eigenvalue weighted by atomic mass is 10.1. The van der Waals surface area contributed by atoms with Crippen LogP contribution in [0.15, 0.2) is 41.3 Å². The molecule has 0 aliphatic carbocycles. The van der Waals surface area contributed by atoms with Crippen LogP contribution in [0.2, 0.25) is 10.0 Å². The van der Waals surface area contributed by atoms with E-state index in [-0.39, 0.29) is 17.2 Å². The van der Waals surface area contributed by atoms with E-state index in [1.54, 1.807) is 43.3 Å². The van der Waals surface area contributed by atoms with Crippen molar-refractivity contribution in [3.63, 3.8) is 0 Å². The normalized spacial score (nSPS) is 15.7. The first-order valence-electron chi connectivity index (χ1n) is 8.05. The van der Waals surface area contributed by atoms with Crippen LogP contribution in [-0.2, 0) is 11.3 Å². The number of benzene rings is 2. The van der Waals surface area contributed by atoms with Gasteiger partial charge >= 0.3 is 0 Å². The number of imide groups is 1. The fourth-order valence-electron chi connectivity index (χ4n) is 2.55. The first-order chi connectivity index (χ1) is 12.9. The minimum Gasteiger partial charge on any atom is -0.504 e. The highest BCUT2D eigenvalue weighted by atomic mass is 35.5. The van der Waals surface area contributed by atoms with Crippen molar-refractivity contribution >= 4 is 52.2 Å². The molecular formula is C19H15Cl2NO4S. The van der Waals surface area contributed by atoms with Crippen LogP contribution >= 0.6 is 35.0 Å². The number of hydrogen-bond donors (Lipinski definition) is 1. The van der Waals surface area contributed by atoms with Crippen LogP contribution in [0.5, 0.6) is 11.5 Å². The second kappa shape index (κ2) is 8.25. The average molecular weight is 424 g/mol. The maximum atomic E-state index is 12.7. The molecule has 1 aliphatic heterocycles. The lowest BCUT2D eigenvalue weighted by molar-refractivity contribution is -0.123. The highest BCUT2D eigenvalue weighted by Crippen LogP contribution is 2.38. The highest BCUT2D eigenvalue weighted by Gasteiger charge is 2.36. The number of ether oxygens (including phenoxy) is 1. The number of thioether (sulfide) groups is 1. The van der Waals surface area contributed by atoms with E-state index in [1.807, 2.05) is 0 Å². The molecule has 140 valence electrons. The van der Waals surface area contributed by atoms with Gasteiger partial charge in [-0.1, -0.05) is 41.4 Å². The monoisotopic (exact) mass is 423 g/mol. The van der Waals surface area contributed by atoms with Crippen molar-refractivity contribution < 1.29 is 19.4 Å². The van der Waals surface area contributed by atoms with Gasteiger partial charge in [0.25, 0.3) is 11.1 Å². The Hall–Kier alpha value is -2.15. The molecule has 0 aromatic heterocycles. The van der Waals surface area contributed by atoms with Crippen molar-refractivity contribution in [1.29, 1.82) is 0 Å². The Bertz CT molecular complexity index is 925. The number of aromatic hydroxyl groups is 1. The molecule has 1 N–H and O–H groups in total. The van der Waals surface area contributed by atoms with E-state index in [1.165, 1.54) is 6.08 Å². The van der Waals surface area contributed by atoms with Crippen molar-refractivity contribution in [1.82, 2.24) is 4.90 Å². The van der Waals surface area contributed by atoms with E-state index in [2.05, 4.69) is 0 Å². The molecule has 0 unspecified atom stereocenters. The molecule has 2 aromatic rings. The van der Waals surface area contributed by atoms with E-state index in [0.717, 1.165) is 16.7 Å². The molecule has 2 amide bonds. The summed E-state index contributed by atoms with van der Waals surface area (Å²) in [5.74, 6) is -0.240. The Balaban J connectivity index is 1.88. The summed E-state index contributed by atoms with van der Waals surface area (Å²) in [6.07, 6.45) is 1.47. The molecule has 0 atom stereocenters. The number of nitrogens with zero attached hydrogens (tertiary/aromatic N) is 1. The number of phenolic OH excluding ortho intramolecular Hbond substituents is 1. The molecule has 8 heteroatoms. The summed E-state index contributed by atoms with van der Waals surface area (Å²) in [7, 11) is 0. The zero-order valence-electron chi connectivity index (χ0n) is 14.2. The third-order valence-corrected chi connectivity index (χ3v) is 5.48. The van der Waals surface area contributed by atoms with Crippen molar-refractivity contribution in [2.75, 3.05) is 6.61 Å². The lowest BCUT2D eigenvalue weighted by Crippen LogP contribution is -2.27. The zero-order valence-corrected chi connectivity index (χ0v) is 16.6. The quantitative estimate of drug-likeness (QED) is 0.657. The van der Waals surface area contributed by atoms with Gasteiger partial charge < -0.3 is 9.84 Å². The molecular weight excluding hydrogens is 409 g/mol. The van der Waals surface area contributed by atoms with Gasteiger partial charge in [0, 0.05) is 21.2 Å². The zero-order chi connectivity index (χ0) is 19.6. The number of carbonyl (C=O) groups excluding carboxylic acids is 2. The maximum Gasteiger partial charge on any atom is 0.293 e. The number of phenols is 1. The standard InChI is InChI=1S/C19H15Cl2NO4S/c1-2-26-15-8-3-5-11(17(15)23)9-16-18(24)22(19(25)27-16)10-12-13(20)6-4-7-14(12)21/h3-9,23H,2,10H2,1H3/b16-9-. The van der Waals surface area contributed by atoms with Crippen molar-refractivity contribution in [3.8, 4) is 11.5 Å². The van der Waals surface area contributed by atoms with E-state index in [9.17, 15) is 14.7 Å². The molecule has 1 heterocycles. The van der Waals surface area contributed by atoms with Gasteiger partial charge in [0.05, 0.1) is 18.1 Å². The van der Waals surface area contributed by atoms with E-state index >= 15 is 0 Å². The molecule has 5 nitrogen and oxygen atoms in total. The summed E-state index contributed by atoms with van der Waals surface area (Å²) in [6.45, 7) is 2.18. The second-order valence-electron chi connectivity index (χ2n) is 5.60. The summed E-state index contributed by atoms with van der Waals surface area (Å²) >= 11 is 13.1. The van der Waals surface area contributed by atoms with Gasteiger partial charge in [-0.2, -0.15) is 0 Å². The highest BCUT2D eigenvalue weighted by molar-refractivity contribution is 8.18. The van der Waals surface area contributed by atoms with Gasteiger partial charge in [-0.05, 0) is 43.0 Å². The second-order valence-corrected chi connectivity index (χ2v) is 7.40. The van der Waals surface area contributed by atoms with Crippen LogP contribution in [0.1, 0.15) is 18.1 Å². The molecule has 3 rings (SSSR count). The van der Waals surface area contributed by atoms with E-state index in [0.29, 0.717) is 33.5 Å². The summed E-state index contributed by atoms with van der Waals surface area (Å²) in [5, 5.41) is 10.6. The van der Waals surface area contributed by atoms with E-state index < -0.39 is 11.1 Å². The topological polar surface area (TPSA) is 66.8 Å². The van der Waals surface area contributed by atoms with E-state index in [4.69, 9.17) is 27.9 Å². The minimum atomic E-state index is -0.470.